The van der Waals surface area contributed by atoms with E-state index in [-0.39, 0.29) is 0 Å². The molecule has 126 valence electrons. The van der Waals surface area contributed by atoms with Crippen molar-refractivity contribution in [3.63, 3.8) is 0 Å². The lowest BCUT2D eigenvalue weighted by Crippen LogP contribution is -2.11. The molecule has 4 heteroatoms. The lowest BCUT2D eigenvalue weighted by Gasteiger charge is -2.13. The SMILES string of the molecule is CC[C@H](O)c1nc2ccccc2n1CCCOc1ccccc1C. The molecule has 1 atom stereocenters. The summed E-state index contributed by atoms with van der Waals surface area (Å²) < 4.78 is 7.99. The zero-order chi connectivity index (χ0) is 16.9. The van der Waals surface area contributed by atoms with Crippen molar-refractivity contribution in [3.8, 4) is 5.75 Å². The Morgan fingerprint density at radius 1 is 1.12 bits per heavy atom. The molecule has 3 aromatic rings. The molecule has 0 aliphatic carbocycles. The van der Waals surface area contributed by atoms with Gasteiger partial charge in [0.05, 0.1) is 17.6 Å². The molecule has 1 aromatic heterocycles. The second kappa shape index (κ2) is 7.49. The van der Waals surface area contributed by atoms with Crippen LogP contribution >= 0.6 is 0 Å². The molecule has 0 saturated heterocycles. The number of rotatable bonds is 7. The van der Waals surface area contributed by atoms with Crippen molar-refractivity contribution in [2.75, 3.05) is 6.61 Å². The second-order valence-electron chi connectivity index (χ2n) is 6.00. The fourth-order valence-corrected chi connectivity index (χ4v) is 2.89. The number of aliphatic hydroxyl groups is 1. The van der Waals surface area contributed by atoms with Crippen LogP contribution in [0.4, 0.5) is 0 Å². The summed E-state index contributed by atoms with van der Waals surface area (Å²) in [5.74, 6) is 1.68. The Morgan fingerprint density at radius 3 is 2.67 bits per heavy atom. The monoisotopic (exact) mass is 324 g/mol. The normalized spacial score (nSPS) is 12.5. The Kier molecular flexibility index (Phi) is 5.16. The first-order chi connectivity index (χ1) is 11.7. The molecule has 0 aliphatic rings. The molecule has 24 heavy (non-hydrogen) atoms. The number of para-hydroxylation sites is 3. The summed E-state index contributed by atoms with van der Waals surface area (Å²) in [6.45, 7) is 5.43. The summed E-state index contributed by atoms with van der Waals surface area (Å²) in [6.07, 6.45) is 0.982. The zero-order valence-electron chi connectivity index (χ0n) is 14.3. The summed E-state index contributed by atoms with van der Waals surface area (Å²) in [5.41, 5.74) is 3.14. The van der Waals surface area contributed by atoms with Crippen LogP contribution in [0.3, 0.4) is 0 Å². The first kappa shape index (κ1) is 16.5. The lowest BCUT2D eigenvalue weighted by atomic mass is 10.2. The first-order valence-electron chi connectivity index (χ1n) is 8.52. The summed E-state index contributed by atoms with van der Waals surface area (Å²) in [4.78, 5) is 4.61. The van der Waals surface area contributed by atoms with Gasteiger partial charge in [-0.3, -0.25) is 0 Å². The summed E-state index contributed by atoms with van der Waals surface area (Å²) in [5, 5.41) is 10.3. The van der Waals surface area contributed by atoms with Gasteiger partial charge < -0.3 is 14.4 Å². The number of aromatic nitrogens is 2. The molecule has 0 unspecified atom stereocenters. The number of aliphatic hydroxyl groups excluding tert-OH is 1. The van der Waals surface area contributed by atoms with E-state index in [1.165, 1.54) is 0 Å². The van der Waals surface area contributed by atoms with Crippen LogP contribution in [0.2, 0.25) is 0 Å². The molecule has 0 saturated carbocycles. The number of hydrogen-bond donors (Lipinski definition) is 1. The average Bonchev–Trinajstić information content (AvgIpc) is 2.98. The third kappa shape index (κ3) is 3.44. The zero-order valence-corrected chi connectivity index (χ0v) is 14.3. The molecule has 0 amide bonds. The quantitative estimate of drug-likeness (QED) is 0.661. The highest BCUT2D eigenvalue weighted by Gasteiger charge is 2.16. The molecular formula is C20H24N2O2. The first-order valence-corrected chi connectivity index (χ1v) is 8.52. The van der Waals surface area contributed by atoms with E-state index in [4.69, 9.17) is 4.74 Å². The molecule has 0 aliphatic heterocycles. The smallest absolute Gasteiger partial charge is 0.138 e. The van der Waals surface area contributed by atoms with Gasteiger partial charge in [0.15, 0.2) is 0 Å². The van der Waals surface area contributed by atoms with Crippen LogP contribution in [0.5, 0.6) is 5.75 Å². The summed E-state index contributed by atoms with van der Waals surface area (Å²) in [6, 6.07) is 16.1. The Morgan fingerprint density at radius 2 is 1.88 bits per heavy atom. The molecule has 4 nitrogen and oxygen atoms in total. The Labute approximate surface area is 142 Å². The minimum absolute atomic E-state index is 0.533. The van der Waals surface area contributed by atoms with Gasteiger partial charge >= 0.3 is 0 Å². The van der Waals surface area contributed by atoms with Crippen LogP contribution in [0.25, 0.3) is 11.0 Å². The minimum Gasteiger partial charge on any atom is -0.493 e. The number of imidazole rings is 1. The van der Waals surface area contributed by atoms with Gasteiger partial charge in [-0.05, 0) is 43.5 Å². The second-order valence-corrected chi connectivity index (χ2v) is 6.00. The number of benzene rings is 2. The predicted molar refractivity (Wildman–Crippen MR) is 96.3 cm³/mol. The van der Waals surface area contributed by atoms with Gasteiger partial charge in [0, 0.05) is 6.54 Å². The fraction of sp³-hybridized carbons (Fsp3) is 0.350. The maximum atomic E-state index is 10.3. The number of fused-ring (bicyclic) bond motifs is 1. The van der Waals surface area contributed by atoms with Gasteiger partial charge in [0.2, 0.25) is 0 Å². The third-order valence-electron chi connectivity index (χ3n) is 4.25. The fourth-order valence-electron chi connectivity index (χ4n) is 2.89. The van der Waals surface area contributed by atoms with E-state index in [0.717, 1.165) is 41.1 Å². The number of hydrogen-bond acceptors (Lipinski definition) is 3. The van der Waals surface area contributed by atoms with Gasteiger partial charge in [-0.1, -0.05) is 37.3 Å². The van der Waals surface area contributed by atoms with Crippen molar-refractivity contribution >= 4 is 11.0 Å². The van der Waals surface area contributed by atoms with E-state index in [1.54, 1.807) is 0 Å². The highest BCUT2D eigenvalue weighted by atomic mass is 16.5. The molecule has 0 bridgehead atoms. The van der Waals surface area contributed by atoms with Crippen molar-refractivity contribution in [3.05, 3.63) is 59.9 Å². The van der Waals surface area contributed by atoms with Crippen molar-refractivity contribution < 1.29 is 9.84 Å². The molecule has 3 rings (SSSR count). The average molecular weight is 324 g/mol. The van der Waals surface area contributed by atoms with E-state index in [9.17, 15) is 5.11 Å². The maximum Gasteiger partial charge on any atom is 0.138 e. The Hall–Kier alpha value is -2.33. The number of aryl methyl sites for hydroxylation is 2. The molecule has 0 radical (unpaired) electrons. The molecular weight excluding hydrogens is 300 g/mol. The van der Waals surface area contributed by atoms with E-state index in [1.807, 2.05) is 43.3 Å². The molecule has 2 aromatic carbocycles. The molecule has 0 fully saturated rings. The summed E-state index contributed by atoms with van der Waals surface area (Å²) in [7, 11) is 0. The molecule has 1 heterocycles. The van der Waals surface area contributed by atoms with E-state index >= 15 is 0 Å². The Balaban J connectivity index is 1.71. The van der Waals surface area contributed by atoms with Gasteiger partial charge in [0.25, 0.3) is 0 Å². The van der Waals surface area contributed by atoms with E-state index in [2.05, 4.69) is 28.6 Å². The predicted octanol–water partition coefficient (Wildman–Crippen LogP) is 4.26. The third-order valence-corrected chi connectivity index (χ3v) is 4.25. The molecule has 0 spiro atoms. The Bertz CT molecular complexity index is 810. The van der Waals surface area contributed by atoms with Crippen LogP contribution in [0, 0.1) is 6.92 Å². The van der Waals surface area contributed by atoms with Crippen molar-refractivity contribution in [2.24, 2.45) is 0 Å². The van der Waals surface area contributed by atoms with Gasteiger partial charge in [0.1, 0.15) is 17.7 Å². The van der Waals surface area contributed by atoms with Crippen LogP contribution in [0.15, 0.2) is 48.5 Å². The lowest BCUT2D eigenvalue weighted by molar-refractivity contribution is 0.158. The number of ether oxygens (including phenoxy) is 1. The van der Waals surface area contributed by atoms with Crippen LogP contribution in [-0.4, -0.2) is 21.3 Å². The van der Waals surface area contributed by atoms with Crippen LogP contribution < -0.4 is 4.74 Å². The van der Waals surface area contributed by atoms with Crippen LogP contribution in [0.1, 0.15) is 37.3 Å². The standard InChI is InChI=1S/C20H24N2O2/c1-3-18(23)20-21-16-10-5-6-11-17(16)22(20)13-8-14-24-19-12-7-4-9-15(19)2/h4-7,9-12,18,23H,3,8,13-14H2,1-2H3/t18-/m0/s1. The highest BCUT2D eigenvalue weighted by Crippen LogP contribution is 2.23. The van der Waals surface area contributed by atoms with Gasteiger partial charge in [-0.15, -0.1) is 0 Å². The van der Waals surface area contributed by atoms with Crippen molar-refractivity contribution in [1.29, 1.82) is 0 Å². The van der Waals surface area contributed by atoms with Gasteiger partial charge in [-0.25, -0.2) is 4.98 Å². The largest absolute Gasteiger partial charge is 0.493 e. The van der Waals surface area contributed by atoms with E-state index < -0.39 is 6.10 Å². The summed E-state index contributed by atoms with van der Waals surface area (Å²) >= 11 is 0. The number of nitrogens with zero attached hydrogens (tertiary/aromatic N) is 2. The minimum atomic E-state index is -0.533. The van der Waals surface area contributed by atoms with Gasteiger partial charge in [-0.2, -0.15) is 0 Å². The van der Waals surface area contributed by atoms with Crippen LogP contribution in [-0.2, 0) is 6.54 Å². The highest BCUT2D eigenvalue weighted by molar-refractivity contribution is 5.76. The topological polar surface area (TPSA) is 47.3 Å². The maximum absolute atomic E-state index is 10.3. The van der Waals surface area contributed by atoms with E-state index in [0.29, 0.717) is 13.0 Å². The van der Waals surface area contributed by atoms with Crippen molar-refractivity contribution in [1.82, 2.24) is 9.55 Å². The molecule has 1 N–H and O–H groups in total. The van der Waals surface area contributed by atoms with Crippen molar-refractivity contribution in [2.45, 2.75) is 39.3 Å².